The summed E-state index contributed by atoms with van der Waals surface area (Å²) in [5.41, 5.74) is 0.419. The number of rotatable bonds is 4. The maximum Gasteiger partial charge on any atom is 0.387 e. The topological polar surface area (TPSA) is 51.2 Å². The number of aromatic nitrogens is 1. The Hall–Kier alpha value is -2.57. The van der Waals surface area contributed by atoms with Crippen LogP contribution in [0.2, 0.25) is 0 Å². The first-order chi connectivity index (χ1) is 9.54. The number of nitrogens with one attached hydrogen (secondary N) is 1. The minimum absolute atomic E-state index is 0.0240. The molecule has 0 spiro atoms. The van der Waals surface area contributed by atoms with E-state index < -0.39 is 18.3 Å². The number of pyridine rings is 1. The fraction of sp³-hybridized carbons (Fsp3) is 0.0769. The van der Waals surface area contributed by atoms with E-state index in [4.69, 9.17) is 0 Å². The van der Waals surface area contributed by atoms with Crippen LogP contribution in [0.5, 0.6) is 5.75 Å². The molecule has 1 heterocycles. The monoisotopic (exact) mass is 282 g/mol. The van der Waals surface area contributed by atoms with Crippen LogP contribution in [0.3, 0.4) is 0 Å². The Morgan fingerprint density at radius 3 is 2.40 bits per heavy atom. The van der Waals surface area contributed by atoms with Crippen molar-refractivity contribution >= 4 is 11.6 Å². The molecule has 0 radical (unpaired) electrons. The molecule has 20 heavy (non-hydrogen) atoms. The van der Waals surface area contributed by atoms with Gasteiger partial charge in [-0.25, -0.2) is 9.37 Å². The molecule has 0 unspecified atom stereocenters. The van der Waals surface area contributed by atoms with E-state index in [-0.39, 0.29) is 11.4 Å². The molecule has 0 atom stereocenters. The number of alkyl halides is 2. The number of carbonyl (C=O) groups excluding carboxylic acids is 1. The van der Waals surface area contributed by atoms with Gasteiger partial charge in [0.1, 0.15) is 17.3 Å². The van der Waals surface area contributed by atoms with E-state index in [0.29, 0.717) is 5.69 Å². The van der Waals surface area contributed by atoms with Crippen molar-refractivity contribution in [2.24, 2.45) is 0 Å². The van der Waals surface area contributed by atoms with Gasteiger partial charge >= 0.3 is 6.61 Å². The van der Waals surface area contributed by atoms with Crippen LogP contribution in [-0.4, -0.2) is 17.5 Å². The number of benzene rings is 1. The number of hydrogen-bond acceptors (Lipinski definition) is 3. The summed E-state index contributed by atoms with van der Waals surface area (Å²) < 4.78 is 40.7. The van der Waals surface area contributed by atoms with E-state index in [1.54, 1.807) is 0 Å². The lowest BCUT2D eigenvalue weighted by Crippen LogP contribution is -2.13. The number of carbonyl (C=O) groups is 1. The largest absolute Gasteiger partial charge is 0.433 e. The van der Waals surface area contributed by atoms with Crippen molar-refractivity contribution in [3.8, 4) is 5.75 Å². The number of ether oxygens (including phenoxy) is 1. The third kappa shape index (κ3) is 3.71. The third-order valence-electron chi connectivity index (χ3n) is 2.30. The second kappa shape index (κ2) is 6.05. The highest BCUT2D eigenvalue weighted by molar-refractivity contribution is 6.02. The first-order valence-corrected chi connectivity index (χ1v) is 5.52. The first kappa shape index (κ1) is 13.9. The van der Waals surface area contributed by atoms with Gasteiger partial charge in [-0.1, -0.05) is 0 Å². The van der Waals surface area contributed by atoms with Crippen LogP contribution in [-0.2, 0) is 0 Å². The van der Waals surface area contributed by atoms with Crippen LogP contribution < -0.4 is 10.1 Å². The molecule has 4 nitrogen and oxygen atoms in total. The van der Waals surface area contributed by atoms with Gasteiger partial charge < -0.3 is 10.1 Å². The minimum atomic E-state index is -2.95. The normalized spacial score (nSPS) is 10.4. The third-order valence-corrected chi connectivity index (χ3v) is 2.30. The minimum Gasteiger partial charge on any atom is -0.433 e. The summed E-state index contributed by atoms with van der Waals surface area (Å²) in [6, 6.07) is 7.63. The molecule has 2 aromatic rings. The van der Waals surface area contributed by atoms with E-state index in [1.165, 1.54) is 36.4 Å². The summed E-state index contributed by atoms with van der Waals surface area (Å²) in [7, 11) is 0. The van der Waals surface area contributed by atoms with Crippen molar-refractivity contribution in [1.29, 1.82) is 0 Å². The standard InChI is InChI=1S/C13H9F3N2O2/c14-8-1-3-9(4-2-8)18-12(19)11-6-5-10(7-17-11)20-13(15)16/h1-7,13H,(H,18,19). The van der Waals surface area contributed by atoms with Crippen molar-refractivity contribution in [1.82, 2.24) is 4.98 Å². The fourth-order valence-electron chi connectivity index (χ4n) is 1.42. The van der Waals surface area contributed by atoms with E-state index in [9.17, 15) is 18.0 Å². The lowest BCUT2D eigenvalue weighted by molar-refractivity contribution is -0.0500. The number of halogens is 3. The highest BCUT2D eigenvalue weighted by atomic mass is 19.3. The molecule has 0 aliphatic heterocycles. The Morgan fingerprint density at radius 2 is 1.85 bits per heavy atom. The van der Waals surface area contributed by atoms with Crippen LogP contribution in [0.25, 0.3) is 0 Å². The lowest BCUT2D eigenvalue weighted by Gasteiger charge is -2.06. The molecule has 1 aromatic carbocycles. The maximum absolute atomic E-state index is 12.7. The maximum atomic E-state index is 12.7. The van der Waals surface area contributed by atoms with Gasteiger partial charge in [-0.05, 0) is 36.4 Å². The molecular weight excluding hydrogens is 273 g/mol. The number of anilines is 1. The number of nitrogens with zero attached hydrogens (tertiary/aromatic N) is 1. The van der Waals surface area contributed by atoms with Gasteiger partial charge in [-0.2, -0.15) is 8.78 Å². The van der Waals surface area contributed by atoms with Crippen LogP contribution in [0.4, 0.5) is 18.9 Å². The Bertz CT molecular complexity index is 586. The molecular formula is C13H9F3N2O2. The number of amides is 1. The highest BCUT2D eigenvalue weighted by Crippen LogP contribution is 2.14. The summed E-state index contributed by atoms with van der Waals surface area (Å²) in [6.45, 7) is -2.95. The predicted molar refractivity (Wildman–Crippen MR) is 65.2 cm³/mol. The van der Waals surface area contributed by atoms with Crippen LogP contribution in [0, 0.1) is 5.82 Å². The molecule has 0 bridgehead atoms. The average molecular weight is 282 g/mol. The zero-order valence-corrected chi connectivity index (χ0v) is 10.0. The smallest absolute Gasteiger partial charge is 0.387 e. The molecule has 1 N–H and O–H groups in total. The molecule has 0 fully saturated rings. The summed E-state index contributed by atoms with van der Waals surface area (Å²) in [5, 5.41) is 2.49. The highest BCUT2D eigenvalue weighted by Gasteiger charge is 2.09. The van der Waals surface area contributed by atoms with Crippen molar-refractivity contribution in [2.45, 2.75) is 6.61 Å². The molecule has 1 aromatic heterocycles. The zero-order chi connectivity index (χ0) is 14.5. The van der Waals surface area contributed by atoms with E-state index in [0.717, 1.165) is 6.20 Å². The Kier molecular flexibility index (Phi) is 4.19. The van der Waals surface area contributed by atoms with Crippen molar-refractivity contribution in [2.75, 3.05) is 5.32 Å². The Morgan fingerprint density at radius 1 is 1.15 bits per heavy atom. The molecule has 0 aliphatic carbocycles. The quantitative estimate of drug-likeness (QED) is 0.937. The lowest BCUT2D eigenvalue weighted by atomic mass is 10.3. The van der Waals surface area contributed by atoms with Gasteiger partial charge in [-0.15, -0.1) is 0 Å². The number of hydrogen-bond donors (Lipinski definition) is 1. The summed E-state index contributed by atoms with van der Waals surface area (Å²) in [6.07, 6.45) is 1.02. The molecule has 1 amide bonds. The van der Waals surface area contributed by atoms with Crippen LogP contribution in [0.15, 0.2) is 42.6 Å². The second-order valence-corrected chi connectivity index (χ2v) is 3.72. The van der Waals surface area contributed by atoms with E-state index in [2.05, 4.69) is 15.0 Å². The van der Waals surface area contributed by atoms with Gasteiger partial charge in [-0.3, -0.25) is 4.79 Å². The van der Waals surface area contributed by atoms with E-state index >= 15 is 0 Å². The van der Waals surface area contributed by atoms with Crippen LogP contribution in [0.1, 0.15) is 10.5 Å². The van der Waals surface area contributed by atoms with Gasteiger partial charge in [0, 0.05) is 5.69 Å². The zero-order valence-electron chi connectivity index (χ0n) is 10.0. The molecule has 0 saturated heterocycles. The first-order valence-electron chi connectivity index (χ1n) is 5.52. The summed E-state index contributed by atoms with van der Waals surface area (Å²) in [5.74, 6) is -1.10. The van der Waals surface area contributed by atoms with Crippen molar-refractivity contribution in [3.05, 3.63) is 54.1 Å². The Balaban J connectivity index is 2.03. The van der Waals surface area contributed by atoms with Gasteiger partial charge in [0.2, 0.25) is 0 Å². The molecule has 104 valence electrons. The average Bonchev–Trinajstić information content (AvgIpc) is 2.41. The van der Waals surface area contributed by atoms with Gasteiger partial charge in [0.25, 0.3) is 5.91 Å². The predicted octanol–water partition coefficient (Wildman–Crippen LogP) is 3.07. The Labute approximate surface area is 112 Å². The molecule has 2 rings (SSSR count). The van der Waals surface area contributed by atoms with Gasteiger partial charge in [0.05, 0.1) is 6.20 Å². The van der Waals surface area contributed by atoms with E-state index in [1.807, 2.05) is 0 Å². The fourth-order valence-corrected chi connectivity index (χ4v) is 1.42. The summed E-state index contributed by atoms with van der Waals surface area (Å²) in [4.78, 5) is 15.5. The van der Waals surface area contributed by atoms with Crippen molar-refractivity contribution < 1.29 is 22.7 Å². The van der Waals surface area contributed by atoms with Gasteiger partial charge in [0.15, 0.2) is 0 Å². The molecule has 7 heteroatoms. The van der Waals surface area contributed by atoms with Crippen LogP contribution >= 0.6 is 0 Å². The van der Waals surface area contributed by atoms with Crippen molar-refractivity contribution in [3.63, 3.8) is 0 Å². The SMILES string of the molecule is O=C(Nc1ccc(F)cc1)c1ccc(OC(F)F)cn1. The second-order valence-electron chi connectivity index (χ2n) is 3.72. The molecule has 0 saturated carbocycles. The summed E-state index contributed by atoms with van der Waals surface area (Å²) >= 11 is 0. The molecule has 0 aliphatic rings.